The fourth-order valence-electron chi connectivity index (χ4n) is 8.42. The Morgan fingerprint density at radius 1 is 0.958 bits per heavy atom. The summed E-state index contributed by atoms with van der Waals surface area (Å²) in [6.07, 6.45) is -4.18. The molecule has 1 saturated heterocycles. The molecule has 2 aliphatic carbocycles. The number of thiazole rings is 1. The zero-order valence-electron chi connectivity index (χ0n) is 25.3. The van der Waals surface area contributed by atoms with E-state index in [1.807, 2.05) is 37.3 Å². The van der Waals surface area contributed by atoms with Gasteiger partial charge in [0, 0.05) is 27.3 Å². The Kier molecular flexibility index (Phi) is 7.33. The van der Waals surface area contributed by atoms with Crippen LogP contribution in [0.1, 0.15) is 33.9 Å². The van der Waals surface area contributed by atoms with Crippen LogP contribution in [0.4, 0.5) is 24.5 Å². The molecule has 4 aromatic rings. The van der Waals surface area contributed by atoms with Crippen molar-refractivity contribution in [3.63, 3.8) is 0 Å². The Hall–Kier alpha value is -4.36. The first-order valence-corrected chi connectivity index (χ1v) is 17.2. The highest BCUT2D eigenvalue weighted by Gasteiger charge is 2.70. The molecule has 2 aliphatic heterocycles. The summed E-state index contributed by atoms with van der Waals surface area (Å²) in [5.74, 6) is -3.83. The van der Waals surface area contributed by atoms with Crippen LogP contribution < -0.4 is 19.8 Å². The van der Waals surface area contributed by atoms with E-state index in [0.29, 0.717) is 22.9 Å². The molecule has 3 amide bonds. The van der Waals surface area contributed by atoms with Crippen molar-refractivity contribution in [3.05, 3.63) is 104 Å². The molecule has 3 fully saturated rings. The SMILES string of the molecule is Cc1ccccc1NC(=O)COc1ccccc1[C@H]1c2sc(=O)[nH]c2SC2C3CC(C4C(=O)N(c5ccccc5C(F)(F)F)C(=O)C34)C21. The third kappa shape index (κ3) is 4.80. The van der Waals surface area contributed by atoms with E-state index in [9.17, 15) is 32.3 Å². The van der Waals surface area contributed by atoms with Gasteiger partial charge in [-0.15, -0.1) is 11.8 Å². The molecule has 7 atom stereocenters. The van der Waals surface area contributed by atoms with Crippen molar-refractivity contribution in [1.82, 2.24) is 4.98 Å². The highest BCUT2D eigenvalue weighted by Crippen LogP contribution is 2.69. The Balaban J connectivity index is 1.14. The summed E-state index contributed by atoms with van der Waals surface area (Å²) in [5.41, 5.74) is 0.857. The van der Waals surface area contributed by atoms with E-state index in [0.717, 1.165) is 38.3 Å². The van der Waals surface area contributed by atoms with E-state index in [-0.39, 0.29) is 40.4 Å². The third-order valence-electron chi connectivity index (χ3n) is 10.2. The van der Waals surface area contributed by atoms with Gasteiger partial charge in [0.25, 0.3) is 5.91 Å². The summed E-state index contributed by atoms with van der Waals surface area (Å²) in [6.45, 7) is 1.62. The number of imide groups is 1. The van der Waals surface area contributed by atoms with Gasteiger partial charge < -0.3 is 15.0 Å². The number of alkyl halides is 3. The molecular weight excluding hydrogens is 664 g/mol. The highest BCUT2D eigenvalue weighted by molar-refractivity contribution is 8.00. The number of carbonyl (C=O) groups is 3. The molecule has 1 aromatic heterocycles. The molecule has 8 nitrogen and oxygen atoms in total. The molecule has 8 rings (SSSR count). The number of hydrogen-bond donors (Lipinski definition) is 2. The molecule has 6 unspecified atom stereocenters. The number of nitrogens with one attached hydrogen (secondary N) is 2. The fraction of sp³-hybridized carbons (Fsp3) is 0.314. The monoisotopic (exact) mass is 691 g/mol. The Morgan fingerprint density at radius 3 is 2.42 bits per heavy atom. The van der Waals surface area contributed by atoms with Gasteiger partial charge >= 0.3 is 11.0 Å². The number of H-pyrrole nitrogens is 1. The van der Waals surface area contributed by atoms with E-state index >= 15 is 0 Å². The van der Waals surface area contributed by atoms with Crippen molar-refractivity contribution in [2.45, 2.75) is 35.7 Å². The first kappa shape index (κ1) is 30.9. The quantitative estimate of drug-likeness (QED) is 0.225. The number of aryl methyl sites for hydroxylation is 1. The number of aromatic amines is 1. The lowest BCUT2D eigenvalue weighted by atomic mass is 9.68. The van der Waals surface area contributed by atoms with Crippen LogP contribution in [-0.4, -0.2) is 34.6 Å². The lowest BCUT2D eigenvalue weighted by Crippen LogP contribution is -2.42. The first-order valence-electron chi connectivity index (χ1n) is 15.5. The number of hydrogen-bond acceptors (Lipinski definition) is 7. The van der Waals surface area contributed by atoms with Crippen LogP contribution in [-0.2, 0) is 20.6 Å². The zero-order valence-corrected chi connectivity index (χ0v) is 27.0. The van der Waals surface area contributed by atoms with Crippen molar-refractivity contribution in [2.24, 2.45) is 29.6 Å². The zero-order chi connectivity index (χ0) is 33.5. The lowest BCUT2D eigenvalue weighted by Gasteiger charge is -2.43. The number of fused-ring (bicyclic) bond motifs is 9. The average Bonchev–Trinajstić information content (AvgIpc) is 3.79. The fourth-order valence-corrected chi connectivity index (χ4v) is 11.3. The molecule has 13 heteroatoms. The Morgan fingerprint density at radius 2 is 1.65 bits per heavy atom. The van der Waals surface area contributed by atoms with Crippen LogP contribution in [0.25, 0.3) is 0 Å². The largest absolute Gasteiger partial charge is 0.483 e. The smallest absolute Gasteiger partial charge is 0.418 e. The molecule has 3 heterocycles. The summed E-state index contributed by atoms with van der Waals surface area (Å²) in [7, 11) is 0. The van der Waals surface area contributed by atoms with E-state index in [1.165, 1.54) is 30.0 Å². The Labute approximate surface area is 280 Å². The van der Waals surface area contributed by atoms with Gasteiger partial charge in [-0.3, -0.25) is 19.2 Å². The molecule has 246 valence electrons. The highest BCUT2D eigenvalue weighted by atomic mass is 32.2. The maximum Gasteiger partial charge on any atom is 0.418 e. The van der Waals surface area contributed by atoms with Crippen molar-refractivity contribution in [2.75, 3.05) is 16.8 Å². The van der Waals surface area contributed by atoms with E-state index in [1.54, 1.807) is 18.2 Å². The summed E-state index contributed by atoms with van der Waals surface area (Å²) < 4.78 is 48.1. The number of amides is 3. The minimum Gasteiger partial charge on any atom is -0.483 e. The summed E-state index contributed by atoms with van der Waals surface area (Å²) in [6, 6.07) is 19.4. The number of halogens is 3. The normalized spacial score (nSPS) is 27.1. The van der Waals surface area contributed by atoms with Crippen LogP contribution in [0.15, 0.2) is 82.6 Å². The number of thioether (sulfide) groups is 1. The van der Waals surface area contributed by atoms with E-state index < -0.39 is 47.0 Å². The van der Waals surface area contributed by atoms with E-state index in [4.69, 9.17) is 4.74 Å². The second-order valence-corrected chi connectivity index (χ2v) is 14.9. The molecule has 48 heavy (non-hydrogen) atoms. The van der Waals surface area contributed by atoms with Gasteiger partial charge in [0.1, 0.15) is 5.75 Å². The molecule has 2 N–H and O–H groups in total. The van der Waals surface area contributed by atoms with Gasteiger partial charge in [0.05, 0.1) is 28.1 Å². The average molecular weight is 692 g/mol. The predicted octanol–water partition coefficient (Wildman–Crippen LogP) is 6.46. The number of aromatic nitrogens is 1. The molecule has 4 aliphatic rings. The van der Waals surface area contributed by atoms with Crippen molar-refractivity contribution >= 4 is 52.2 Å². The van der Waals surface area contributed by atoms with Gasteiger partial charge in [-0.25, -0.2) is 4.90 Å². The number of nitrogens with zero attached hydrogens (tertiary/aromatic N) is 1. The van der Waals surface area contributed by atoms with E-state index in [2.05, 4.69) is 10.3 Å². The number of para-hydroxylation sites is 3. The molecule has 3 aromatic carbocycles. The topological polar surface area (TPSA) is 109 Å². The maximum absolute atomic E-state index is 14.1. The lowest BCUT2D eigenvalue weighted by molar-refractivity contribution is -0.137. The van der Waals surface area contributed by atoms with Crippen LogP contribution in [0.2, 0.25) is 0 Å². The molecule has 2 saturated carbocycles. The second-order valence-electron chi connectivity index (χ2n) is 12.7. The number of anilines is 2. The van der Waals surface area contributed by atoms with Crippen LogP contribution in [0.5, 0.6) is 5.75 Å². The molecule has 0 radical (unpaired) electrons. The number of benzene rings is 3. The van der Waals surface area contributed by atoms with Crippen LogP contribution in [0.3, 0.4) is 0 Å². The minimum atomic E-state index is -4.75. The minimum absolute atomic E-state index is 0.175. The van der Waals surface area contributed by atoms with Crippen LogP contribution >= 0.6 is 23.1 Å². The Bertz CT molecular complexity index is 2040. The predicted molar refractivity (Wildman–Crippen MR) is 174 cm³/mol. The summed E-state index contributed by atoms with van der Waals surface area (Å²) in [5, 5.41) is 3.38. The molecular formula is C35H28F3N3O5S2. The first-order chi connectivity index (χ1) is 23.0. The van der Waals surface area contributed by atoms with Crippen LogP contribution in [0, 0.1) is 36.5 Å². The van der Waals surface area contributed by atoms with Crippen molar-refractivity contribution in [1.29, 1.82) is 0 Å². The molecule has 2 bridgehead atoms. The van der Waals surface area contributed by atoms with Crippen molar-refractivity contribution in [3.8, 4) is 5.75 Å². The second kappa shape index (κ2) is 11.4. The summed E-state index contributed by atoms with van der Waals surface area (Å²) >= 11 is 2.56. The van der Waals surface area contributed by atoms with Gasteiger partial charge in [0.15, 0.2) is 6.61 Å². The third-order valence-corrected chi connectivity index (χ3v) is 12.8. The number of ether oxygens (including phenoxy) is 1. The maximum atomic E-state index is 14.1. The van der Waals surface area contributed by atoms with Gasteiger partial charge in [0.2, 0.25) is 11.8 Å². The van der Waals surface area contributed by atoms with Gasteiger partial charge in [-0.05, 0) is 60.9 Å². The van der Waals surface area contributed by atoms with Crippen molar-refractivity contribution < 1.29 is 32.3 Å². The van der Waals surface area contributed by atoms with Gasteiger partial charge in [-0.1, -0.05) is 59.9 Å². The molecule has 0 spiro atoms. The van der Waals surface area contributed by atoms with Gasteiger partial charge in [-0.2, -0.15) is 13.2 Å². The number of rotatable bonds is 6. The number of carbonyl (C=O) groups excluding carboxylic acids is 3. The summed E-state index contributed by atoms with van der Waals surface area (Å²) in [4.78, 5) is 57.8. The standard InChI is InChI=1S/C35H28F3N3O5S2/c1-16-8-2-5-11-21(16)39-24(42)15-46-23-13-7-3-9-17(23)25-26-18-14-19(29(26)47-31-30(25)48-34(45)40-31)28-27(18)32(43)41(33(28)44)22-12-6-4-10-20(22)35(36,37)38/h2-13,18-19,25-29H,14-15H2,1H3,(H,39,42)(H,40,45)/t18?,19?,25-,26?,27?,28?,29?/m1/s1.